The Morgan fingerprint density at radius 2 is 2.14 bits per heavy atom. The van der Waals surface area contributed by atoms with Gasteiger partial charge in [-0.15, -0.1) is 0 Å². The van der Waals surface area contributed by atoms with Gasteiger partial charge >= 0.3 is 0 Å². The van der Waals surface area contributed by atoms with Crippen LogP contribution in [0.4, 0.5) is 0 Å². The number of carbonyl (C=O) groups is 2. The lowest BCUT2D eigenvalue weighted by Crippen LogP contribution is -2.40. The first-order valence-corrected chi connectivity index (χ1v) is 7.78. The molecule has 2 rings (SSSR count). The largest absolute Gasteiger partial charge is 0.348 e. The number of aromatic nitrogens is 2. The number of nitrogens with zero attached hydrogens (tertiary/aromatic N) is 3. The summed E-state index contributed by atoms with van der Waals surface area (Å²) in [6.45, 7) is 7.94. The number of nitrogens with one attached hydrogen (secondary N) is 1. The molecule has 6 heteroatoms. The molecule has 0 saturated carbocycles. The first kappa shape index (κ1) is 16.5. The Morgan fingerprint density at radius 3 is 2.73 bits per heavy atom. The van der Waals surface area contributed by atoms with E-state index in [0.29, 0.717) is 0 Å². The zero-order valence-corrected chi connectivity index (χ0v) is 14.1. The second-order valence-electron chi connectivity index (χ2n) is 7.02. The summed E-state index contributed by atoms with van der Waals surface area (Å²) in [6.07, 6.45) is 4.81. The average molecular weight is 306 g/mol. The van der Waals surface area contributed by atoms with Gasteiger partial charge in [0.15, 0.2) is 0 Å². The number of fused-ring (bicyclic) bond motifs is 1. The number of hydrogen-bond donors (Lipinski definition) is 1. The number of likely N-dealkylation sites (N-methyl/N-ethyl adjacent to an activating group) is 1. The summed E-state index contributed by atoms with van der Waals surface area (Å²) in [7, 11) is 1.63. The normalized spacial score (nSPS) is 17.8. The minimum absolute atomic E-state index is 0.00675. The Hall–Kier alpha value is -1.85. The molecule has 1 heterocycles. The topological polar surface area (TPSA) is 67.2 Å². The summed E-state index contributed by atoms with van der Waals surface area (Å²) >= 11 is 0. The molecule has 1 atom stereocenters. The number of amides is 2. The summed E-state index contributed by atoms with van der Waals surface area (Å²) in [6, 6.07) is -0.00675. The van der Waals surface area contributed by atoms with Gasteiger partial charge in [0.05, 0.1) is 24.3 Å². The molecule has 0 aliphatic heterocycles. The van der Waals surface area contributed by atoms with E-state index in [0.717, 1.165) is 24.8 Å². The molecule has 0 spiro atoms. The van der Waals surface area contributed by atoms with Gasteiger partial charge in [-0.3, -0.25) is 14.3 Å². The van der Waals surface area contributed by atoms with Crippen molar-refractivity contribution < 1.29 is 9.59 Å². The maximum atomic E-state index is 12.1. The number of carbonyl (C=O) groups excluding carboxylic acids is 2. The van der Waals surface area contributed by atoms with E-state index in [-0.39, 0.29) is 29.9 Å². The van der Waals surface area contributed by atoms with Crippen molar-refractivity contribution in [3.63, 3.8) is 0 Å². The lowest BCUT2D eigenvalue weighted by molar-refractivity contribution is -0.133. The average Bonchev–Trinajstić information content (AvgIpc) is 2.83. The maximum absolute atomic E-state index is 12.1. The standard InChI is InChI=1S/C16H26N4O2/c1-11(21)19(5)10-15(22)18-13-7-6-8-14-12(13)9-17-20(14)16(2,3)4/h9,13H,6-8,10H2,1-5H3,(H,18,22)/t13-/m0/s1. The first-order chi connectivity index (χ1) is 10.2. The molecule has 6 nitrogen and oxygen atoms in total. The van der Waals surface area contributed by atoms with Gasteiger partial charge in [0, 0.05) is 25.2 Å². The second kappa shape index (κ2) is 6.10. The molecule has 1 aromatic heterocycles. The van der Waals surface area contributed by atoms with Gasteiger partial charge in [0.2, 0.25) is 11.8 Å². The van der Waals surface area contributed by atoms with Crippen molar-refractivity contribution in [1.82, 2.24) is 20.0 Å². The van der Waals surface area contributed by atoms with Crippen molar-refractivity contribution in [1.29, 1.82) is 0 Å². The summed E-state index contributed by atoms with van der Waals surface area (Å²) in [4.78, 5) is 24.7. The van der Waals surface area contributed by atoms with E-state index >= 15 is 0 Å². The molecule has 2 amide bonds. The summed E-state index contributed by atoms with van der Waals surface area (Å²) in [5.41, 5.74) is 2.26. The van der Waals surface area contributed by atoms with Crippen molar-refractivity contribution in [3.8, 4) is 0 Å². The summed E-state index contributed by atoms with van der Waals surface area (Å²) in [5.74, 6) is -0.237. The Labute approximate surface area is 131 Å². The van der Waals surface area contributed by atoms with E-state index in [9.17, 15) is 9.59 Å². The van der Waals surface area contributed by atoms with Crippen molar-refractivity contribution in [3.05, 3.63) is 17.5 Å². The summed E-state index contributed by atoms with van der Waals surface area (Å²) in [5, 5.41) is 7.56. The predicted molar refractivity (Wildman–Crippen MR) is 84.4 cm³/mol. The van der Waals surface area contributed by atoms with E-state index < -0.39 is 0 Å². The van der Waals surface area contributed by atoms with Crippen LogP contribution in [0.1, 0.15) is 57.8 Å². The van der Waals surface area contributed by atoms with E-state index in [1.807, 2.05) is 6.20 Å². The molecule has 1 aromatic rings. The predicted octanol–water partition coefficient (Wildman–Crippen LogP) is 1.61. The van der Waals surface area contributed by atoms with Crippen LogP contribution in [0, 0.1) is 0 Å². The van der Waals surface area contributed by atoms with Gasteiger partial charge in [0.1, 0.15) is 0 Å². The molecule has 0 saturated heterocycles. The Kier molecular flexibility index (Phi) is 4.58. The van der Waals surface area contributed by atoms with Crippen molar-refractivity contribution >= 4 is 11.8 Å². The molecule has 1 N–H and O–H groups in total. The smallest absolute Gasteiger partial charge is 0.240 e. The van der Waals surface area contributed by atoms with Crippen LogP contribution >= 0.6 is 0 Å². The fourth-order valence-electron chi connectivity index (χ4n) is 2.85. The third-order valence-electron chi connectivity index (χ3n) is 4.07. The van der Waals surface area contributed by atoms with Crippen LogP contribution < -0.4 is 5.32 Å². The van der Waals surface area contributed by atoms with Crippen LogP contribution in [0.15, 0.2) is 6.20 Å². The van der Waals surface area contributed by atoms with Gasteiger partial charge in [-0.2, -0.15) is 5.10 Å². The Morgan fingerprint density at radius 1 is 1.45 bits per heavy atom. The van der Waals surface area contributed by atoms with Crippen LogP contribution in [0.2, 0.25) is 0 Å². The molecule has 0 bridgehead atoms. The molecular weight excluding hydrogens is 280 g/mol. The SMILES string of the molecule is CC(=O)N(C)CC(=O)N[C@H]1CCCc2c1cnn2C(C)(C)C. The third-order valence-corrected chi connectivity index (χ3v) is 4.07. The monoisotopic (exact) mass is 306 g/mol. The van der Waals surface area contributed by atoms with Crippen LogP contribution in [-0.4, -0.2) is 40.1 Å². The highest BCUT2D eigenvalue weighted by Crippen LogP contribution is 2.32. The zero-order chi connectivity index (χ0) is 16.5. The zero-order valence-electron chi connectivity index (χ0n) is 14.1. The van der Waals surface area contributed by atoms with Crippen molar-refractivity contribution in [2.24, 2.45) is 0 Å². The van der Waals surface area contributed by atoms with E-state index in [4.69, 9.17) is 0 Å². The van der Waals surface area contributed by atoms with Gasteiger partial charge in [-0.1, -0.05) is 0 Å². The van der Waals surface area contributed by atoms with Gasteiger partial charge < -0.3 is 10.2 Å². The highest BCUT2D eigenvalue weighted by Gasteiger charge is 2.29. The van der Waals surface area contributed by atoms with E-state index in [2.05, 4.69) is 35.9 Å². The molecule has 122 valence electrons. The Bertz CT molecular complexity index is 571. The van der Waals surface area contributed by atoms with Crippen LogP contribution in [0.25, 0.3) is 0 Å². The fourth-order valence-corrected chi connectivity index (χ4v) is 2.85. The fraction of sp³-hybridized carbons (Fsp3) is 0.688. The van der Waals surface area contributed by atoms with Crippen molar-refractivity contribution in [2.75, 3.05) is 13.6 Å². The summed E-state index contributed by atoms with van der Waals surface area (Å²) < 4.78 is 2.06. The highest BCUT2D eigenvalue weighted by atomic mass is 16.2. The molecule has 0 fully saturated rings. The second-order valence-corrected chi connectivity index (χ2v) is 7.02. The van der Waals surface area contributed by atoms with Gasteiger partial charge in [-0.05, 0) is 40.0 Å². The van der Waals surface area contributed by atoms with Crippen LogP contribution in [0.5, 0.6) is 0 Å². The molecule has 0 aromatic carbocycles. The third kappa shape index (κ3) is 3.48. The van der Waals surface area contributed by atoms with Crippen LogP contribution in [-0.2, 0) is 21.5 Å². The molecule has 1 aliphatic carbocycles. The molecule has 22 heavy (non-hydrogen) atoms. The van der Waals surface area contributed by atoms with Gasteiger partial charge in [0.25, 0.3) is 0 Å². The van der Waals surface area contributed by atoms with Crippen LogP contribution in [0.3, 0.4) is 0 Å². The molecule has 0 unspecified atom stereocenters. The lowest BCUT2D eigenvalue weighted by atomic mass is 9.92. The molecular formula is C16H26N4O2. The highest BCUT2D eigenvalue weighted by molar-refractivity contribution is 5.83. The first-order valence-electron chi connectivity index (χ1n) is 7.78. The molecule has 0 radical (unpaired) electrons. The minimum Gasteiger partial charge on any atom is -0.348 e. The van der Waals surface area contributed by atoms with Crippen molar-refractivity contribution in [2.45, 2.75) is 58.5 Å². The maximum Gasteiger partial charge on any atom is 0.240 e. The van der Waals surface area contributed by atoms with Gasteiger partial charge in [-0.25, -0.2) is 0 Å². The number of rotatable bonds is 3. The van der Waals surface area contributed by atoms with E-state index in [1.54, 1.807) is 7.05 Å². The van der Waals surface area contributed by atoms with E-state index in [1.165, 1.54) is 17.5 Å². The Balaban J connectivity index is 2.12. The minimum atomic E-state index is -0.126. The number of hydrogen-bond acceptors (Lipinski definition) is 3. The quantitative estimate of drug-likeness (QED) is 0.922. The lowest BCUT2D eigenvalue weighted by Gasteiger charge is -2.28. The molecule has 1 aliphatic rings.